The summed E-state index contributed by atoms with van der Waals surface area (Å²) in [5, 5.41) is 0.978. The van der Waals surface area contributed by atoms with Gasteiger partial charge in [0.25, 0.3) is 10.0 Å². The van der Waals surface area contributed by atoms with Gasteiger partial charge >= 0.3 is 6.03 Å². The maximum atomic E-state index is 12.9. The van der Waals surface area contributed by atoms with E-state index >= 15 is 0 Å². The van der Waals surface area contributed by atoms with Crippen molar-refractivity contribution < 1.29 is 17.9 Å². The molecule has 166 valence electrons. The molecule has 0 saturated carbocycles. The number of unbranched alkanes of at least 4 members (excludes halogenated alkanes) is 1. The average Bonchev–Trinajstić information content (AvgIpc) is 2.80. The van der Waals surface area contributed by atoms with Gasteiger partial charge in [0, 0.05) is 0 Å². The Morgan fingerprint density at radius 3 is 2.00 bits per heavy atom. The summed E-state index contributed by atoms with van der Waals surface area (Å²) in [5.41, 5.74) is 1.77. The zero-order valence-corrected chi connectivity index (χ0v) is 18.7. The van der Waals surface area contributed by atoms with E-state index in [0.29, 0.717) is 23.5 Å². The largest absolute Gasteiger partial charge is 0.494 e. The first-order chi connectivity index (χ1) is 15.5. The Morgan fingerprint density at radius 2 is 1.47 bits per heavy atom. The number of carbonyl (C=O) groups is 1. The van der Waals surface area contributed by atoms with Crippen LogP contribution in [0.2, 0.25) is 0 Å². The molecule has 0 heterocycles. The molecule has 0 saturated heterocycles. The lowest BCUT2D eigenvalue weighted by Crippen LogP contribution is -2.39. The Bertz CT molecular complexity index is 1090. The molecular formula is C25H26N2O4S. The third kappa shape index (κ3) is 6.72. The number of rotatable bonds is 9. The van der Waals surface area contributed by atoms with Gasteiger partial charge in [-0.2, -0.15) is 0 Å². The molecule has 0 spiro atoms. The van der Waals surface area contributed by atoms with Crippen molar-refractivity contribution >= 4 is 33.5 Å². The molecule has 7 heteroatoms. The van der Waals surface area contributed by atoms with E-state index < -0.39 is 16.1 Å². The van der Waals surface area contributed by atoms with E-state index in [4.69, 9.17) is 4.74 Å². The maximum Gasteiger partial charge on any atom is 0.340 e. The van der Waals surface area contributed by atoms with Crippen molar-refractivity contribution in [2.45, 2.75) is 19.8 Å². The fourth-order valence-electron chi connectivity index (χ4n) is 2.92. The number of urea groups is 1. The van der Waals surface area contributed by atoms with Crippen LogP contribution in [0.25, 0.3) is 6.08 Å². The molecular weight excluding hydrogens is 424 g/mol. The summed E-state index contributed by atoms with van der Waals surface area (Å²) in [6, 6.07) is 24.0. The van der Waals surface area contributed by atoms with Crippen LogP contribution in [0.3, 0.4) is 0 Å². The molecule has 0 atom stereocenters. The summed E-state index contributed by atoms with van der Waals surface area (Å²) in [6.07, 6.45) is 3.46. The number of ether oxygens (including phenoxy) is 1. The van der Waals surface area contributed by atoms with Gasteiger partial charge in [-0.25, -0.2) is 17.9 Å². The first kappa shape index (κ1) is 23.1. The van der Waals surface area contributed by atoms with Crippen molar-refractivity contribution in [2.24, 2.45) is 0 Å². The van der Waals surface area contributed by atoms with Crippen LogP contribution in [-0.4, -0.2) is 21.1 Å². The normalized spacial score (nSPS) is 11.3. The number of benzene rings is 3. The van der Waals surface area contributed by atoms with Gasteiger partial charge in [0.05, 0.1) is 23.4 Å². The fourth-order valence-corrected chi connectivity index (χ4v) is 3.66. The molecule has 0 unspecified atom stereocenters. The number of amides is 2. The second-order valence-electron chi connectivity index (χ2n) is 7.03. The standard InChI is InChI=1S/C25H26N2O4S/c1-2-3-19-31-24-16-14-21(15-17-24)18-20-32(29,30)26-25(28)27(22-10-6-4-7-11-22)23-12-8-5-9-13-23/h4-18,20H,2-3,19H2,1H3,(H,26,28). The molecule has 3 aromatic carbocycles. The number of nitrogens with one attached hydrogen (secondary N) is 1. The predicted octanol–water partition coefficient (Wildman–Crippen LogP) is 5.71. The van der Waals surface area contributed by atoms with Gasteiger partial charge in [0.15, 0.2) is 0 Å². The first-order valence-corrected chi connectivity index (χ1v) is 11.9. The van der Waals surface area contributed by atoms with Gasteiger partial charge in [-0.05, 0) is 54.5 Å². The van der Waals surface area contributed by atoms with E-state index in [9.17, 15) is 13.2 Å². The van der Waals surface area contributed by atoms with Crippen molar-refractivity contribution in [3.63, 3.8) is 0 Å². The van der Waals surface area contributed by atoms with E-state index in [2.05, 4.69) is 11.6 Å². The second kappa shape index (κ2) is 11.2. The van der Waals surface area contributed by atoms with Gasteiger partial charge in [-0.3, -0.25) is 4.90 Å². The van der Waals surface area contributed by atoms with Crippen LogP contribution in [-0.2, 0) is 10.0 Å². The number of hydrogen-bond acceptors (Lipinski definition) is 4. The van der Waals surface area contributed by atoms with Gasteiger partial charge < -0.3 is 4.74 Å². The Kier molecular flexibility index (Phi) is 8.05. The topological polar surface area (TPSA) is 75.7 Å². The zero-order chi connectivity index (χ0) is 22.8. The van der Waals surface area contributed by atoms with Gasteiger partial charge in [-0.15, -0.1) is 0 Å². The Balaban J connectivity index is 1.72. The van der Waals surface area contributed by atoms with Crippen molar-refractivity contribution in [2.75, 3.05) is 11.5 Å². The summed E-state index contributed by atoms with van der Waals surface area (Å²) < 4.78 is 32.8. The molecule has 0 bridgehead atoms. The molecule has 3 rings (SSSR count). The minimum Gasteiger partial charge on any atom is -0.494 e. The lowest BCUT2D eigenvalue weighted by Gasteiger charge is -2.22. The fraction of sp³-hybridized carbons (Fsp3) is 0.160. The highest BCUT2D eigenvalue weighted by molar-refractivity contribution is 7.93. The summed E-state index contributed by atoms with van der Waals surface area (Å²) in [6.45, 7) is 2.74. The zero-order valence-electron chi connectivity index (χ0n) is 17.8. The molecule has 0 aromatic heterocycles. The molecule has 0 aliphatic heterocycles. The van der Waals surface area contributed by atoms with Crippen LogP contribution in [0.1, 0.15) is 25.3 Å². The Hall–Kier alpha value is -3.58. The van der Waals surface area contributed by atoms with Crippen LogP contribution < -0.4 is 14.4 Å². The van der Waals surface area contributed by atoms with E-state index in [0.717, 1.165) is 24.0 Å². The number of sulfonamides is 1. The summed E-state index contributed by atoms with van der Waals surface area (Å²) in [7, 11) is -4.02. The highest BCUT2D eigenvalue weighted by atomic mass is 32.2. The van der Waals surface area contributed by atoms with Crippen LogP contribution in [0.15, 0.2) is 90.3 Å². The number of hydrogen-bond donors (Lipinski definition) is 1. The van der Waals surface area contributed by atoms with Gasteiger partial charge in [0.2, 0.25) is 0 Å². The average molecular weight is 451 g/mol. The number of nitrogens with zero attached hydrogens (tertiary/aromatic N) is 1. The number of carbonyl (C=O) groups excluding carboxylic acids is 1. The van der Waals surface area contributed by atoms with E-state index in [1.807, 2.05) is 12.1 Å². The lowest BCUT2D eigenvalue weighted by atomic mass is 10.2. The van der Waals surface area contributed by atoms with Crippen LogP contribution in [0.5, 0.6) is 5.75 Å². The minimum absolute atomic E-state index is 0.550. The van der Waals surface area contributed by atoms with Crippen molar-refractivity contribution in [3.05, 3.63) is 95.9 Å². The monoisotopic (exact) mass is 450 g/mol. The molecule has 0 radical (unpaired) electrons. The first-order valence-electron chi connectivity index (χ1n) is 10.4. The number of anilines is 2. The smallest absolute Gasteiger partial charge is 0.340 e. The summed E-state index contributed by atoms with van der Waals surface area (Å²) in [5.74, 6) is 0.730. The quantitative estimate of drug-likeness (QED) is 0.424. The molecule has 2 amide bonds. The van der Waals surface area contributed by atoms with Crippen molar-refractivity contribution in [1.29, 1.82) is 0 Å². The van der Waals surface area contributed by atoms with E-state index in [1.165, 1.54) is 11.0 Å². The number of para-hydroxylation sites is 2. The summed E-state index contributed by atoms with van der Waals surface area (Å²) >= 11 is 0. The Labute approximate surface area is 189 Å². The van der Waals surface area contributed by atoms with Crippen molar-refractivity contribution in [1.82, 2.24) is 4.72 Å². The molecule has 6 nitrogen and oxygen atoms in total. The predicted molar refractivity (Wildman–Crippen MR) is 128 cm³/mol. The maximum absolute atomic E-state index is 12.9. The van der Waals surface area contributed by atoms with Crippen molar-refractivity contribution in [3.8, 4) is 5.75 Å². The van der Waals surface area contributed by atoms with Gasteiger partial charge in [0.1, 0.15) is 5.75 Å². The molecule has 0 fully saturated rings. The van der Waals surface area contributed by atoms with E-state index in [-0.39, 0.29) is 0 Å². The van der Waals surface area contributed by atoms with Gasteiger partial charge in [-0.1, -0.05) is 61.9 Å². The second-order valence-corrected chi connectivity index (χ2v) is 8.60. The Morgan fingerprint density at radius 1 is 0.906 bits per heavy atom. The lowest BCUT2D eigenvalue weighted by molar-refractivity contribution is 0.253. The third-order valence-corrected chi connectivity index (χ3v) is 5.50. The van der Waals surface area contributed by atoms with Crippen LogP contribution >= 0.6 is 0 Å². The highest BCUT2D eigenvalue weighted by Crippen LogP contribution is 2.25. The SMILES string of the molecule is CCCCOc1ccc(C=CS(=O)(=O)NC(=O)N(c2ccccc2)c2ccccc2)cc1. The summed E-state index contributed by atoms with van der Waals surface area (Å²) in [4.78, 5) is 14.2. The molecule has 32 heavy (non-hydrogen) atoms. The molecule has 0 aliphatic carbocycles. The minimum atomic E-state index is -4.02. The third-order valence-electron chi connectivity index (χ3n) is 4.55. The highest BCUT2D eigenvalue weighted by Gasteiger charge is 2.21. The molecule has 0 aliphatic rings. The molecule has 1 N–H and O–H groups in total. The van der Waals surface area contributed by atoms with Crippen LogP contribution in [0, 0.1) is 0 Å². The van der Waals surface area contributed by atoms with E-state index in [1.54, 1.807) is 72.8 Å². The molecule has 3 aromatic rings. The van der Waals surface area contributed by atoms with Crippen LogP contribution in [0.4, 0.5) is 16.2 Å².